The molecule has 65 heavy (non-hydrogen) atoms. The number of carbonyl (C=O) groups excluding carboxylic acids is 2. The zero-order valence-electron chi connectivity index (χ0n) is 43.6. The van der Waals surface area contributed by atoms with Gasteiger partial charge in [0.1, 0.15) is 6.10 Å². The summed E-state index contributed by atoms with van der Waals surface area (Å²) >= 11 is 0. The van der Waals surface area contributed by atoms with Crippen LogP contribution in [0.1, 0.15) is 303 Å². The summed E-state index contributed by atoms with van der Waals surface area (Å²) in [5, 5.41) is 23.9. The molecule has 6 nitrogen and oxygen atoms in total. The number of unbranched alkanes of at least 4 members (excludes halogenated alkanes) is 34. The van der Waals surface area contributed by atoms with Crippen molar-refractivity contribution in [2.24, 2.45) is 0 Å². The Labute approximate surface area is 404 Å². The second kappa shape index (κ2) is 53.0. The molecule has 0 spiro atoms. The summed E-state index contributed by atoms with van der Waals surface area (Å²) in [6.45, 7) is 6.47. The highest BCUT2D eigenvalue weighted by atomic mass is 16.5. The van der Waals surface area contributed by atoms with E-state index in [9.17, 15) is 19.8 Å². The molecule has 3 N–H and O–H groups in total. The molecular weight excluding hydrogens is 803 g/mol. The first-order chi connectivity index (χ1) is 32.0. The van der Waals surface area contributed by atoms with Crippen molar-refractivity contribution in [3.8, 4) is 0 Å². The lowest BCUT2D eigenvalue weighted by Crippen LogP contribution is -2.46. The van der Waals surface area contributed by atoms with E-state index >= 15 is 0 Å². The predicted molar refractivity (Wildman–Crippen MR) is 282 cm³/mol. The highest BCUT2D eigenvalue weighted by Crippen LogP contribution is 2.18. The van der Waals surface area contributed by atoms with E-state index in [-0.39, 0.29) is 24.9 Å². The minimum absolute atomic E-state index is 0.0731. The van der Waals surface area contributed by atoms with Crippen LogP contribution >= 0.6 is 0 Å². The van der Waals surface area contributed by atoms with Crippen LogP contribution in [0.25, 0.3) is 0 Å². The number of aliphatic hydroxyl groups excluding tert-OH is 2. The maximum absolute atomic E-state index is 13.2. The zero-order chi connectivity index (χ0) is 47.4. The molecule has 0 heterocycles. The number of amides is 1. The number of aliphatic hydroxyl groups is 2. The quantitative estimate of drug-likeness (QED) is 0.0321. The van der Waals surface area contributed by atoms with Crippen LogP contribution < -0.4 is 5.32 Å². The number of nitrogens with one attached hydrogen (secondary N) is 1. The highest BCUT2D eigenvalue weighted by Gasteiger charge is 2.24. The number of rotatable bonds is 52. The lowest BCUT2D eigenvalue weighted by Gasteiger charge is -2.24. The molecule has 382 valence electrons. The van der Waals surface area contributed by atoms with E-state index in [1.807, 2.05) is 0 Å². The first-order valence-corrected chi connectivity index (χ1v) is 28.7. The molecule has 0 radical (unpaired) electrons. The van der Waals surface area contributed by atoms with E-state index in [4.69, 9.17) is 4.74 Å². The van der Waals surface area contributed by atoms with Crippen molar-refractivity contribution in [3.63, 3.8) is 0 Å². The van der Waals surface area contributed by atoms with Crippen LogP contribution in [0.3, 0.4) is 0 Å². The minimum Gasteiger partial charge on any atom is -0.462 e. The van der Waals surface area contributed by atoms with Gasteiger partial charge >= 0.3 is 5.97 Å². The van der Waals surface area contributed by atoms with Crippen molar-refractivity contribution in [2.45, 2.75) is 322 Å². The molecule has 3 atom stereocenters. The molecule has 0 fully saturated rings. The number of carbonyl (C=O) groups is 2. The molecule has 0 aromatic heterocycles. The van der Waals surface area contributed by atoms with Gasteiger partial charge in [-0.3, -0.25) is 9.59 Å². The van der Waals surface area contributed by atoms with Gasteiger partial charge in [-0.25, -0.2) is 0 Å². The van der Waals surface area contributed by atoms with Crippen LogP contribution in [-0.4, -0.2) is 46.9 Å². The highest BCUT2D eigenvalue weighted by molar-refractivity contribution is 5.77. The van der Waals surface area contributed by atoms with Gasteiger partial charge in [0, 0.05) is 6.42 Å². The van der Waals surface area contributed by atoms with E-state index in [1.165, 1.54) is 193 Å². The fourth-order valence-electron chi connectivity index (χ4n) is 8.81. The largest absolute Gasteiger partial charge is 0.462 e. The SMILES string of the molecule is CCCCC/C=C\C/C=C\CCCCCCCCCCCC(=O)OC(CCCCCCC/C=C\CCCCCC)CC(=O)NC(CO)C(O)CCCCCCCCCCCCCCCC. The number of hydrogen-bond donors (Lipinski definition) is 3. The third-order valence-electron chi connectivity index (χ3n) is 13.2. The average Bonchev–Trinajstić information content (AvgIpc) is 3.30. The van der Waals surface area contributed by atoms with Gasteiger partial charge in [0.25, 0.3) is 0 Å². The summed E-state index contributed by atoms with van der Waals surface area (Å²) in [5.41, 5.74) is 0. The number of hydrogen-bond acceptors (Lipinski definition) is 5. The van der Waals surface area contributed by atoms with Crippen molar-refractivity contribution >= 4 is 11.9 Å². The molecule has 6 heteroatoms. The summed E-state index contributed by atoms with van der Waals surface area (Å²) in [6.07, 6.45) is 63.5. The molecule has 3 unspecified atom stereocenters. The molecule has 0 saturated carbocycles. The summed E-state index contributed by atoms with van der Waals surface area (Å²) < 4.78 is 5.96. The van der Waals surface area contributed by atoms with E-state index in [0.29, 0.717) is 19.3 Å². The molecule has 0 aliphatic carbocycles. The van der Waals surface area contributed by atoms with Crippen molar-refractivity contribution < 1.29 is 24.5 Å². The van der Waals surface area contributed by atoms with Gasteiger partial charge < -0.3 is 20.3 Å². The Kier molecular flexibility index (Phi) is 51.5. The molecule has 0 aliphatic heterocycles. The number of esters is 1. The van der Waals surface area contributed by atoms with E-state index in [1.54, 1.807) is 0 Å². The smallest absolute Gasteiger partial charge is 0.306 e. The molecule has 0 aromatic rings. The fraction of sp³-hybridized carbons (Fsp3) is 0.864. The maximum atomic E-state index is 13.2. The summed E-state index contributed by atoms with van der Waals surface area (Å²) in [4.78, 5) is 26.3. The first kappa shape index (κ1) is 63.1. The van der Waals surface area contributed by atoms with Crippen molar-refractivity contribution in [1.82, 2.24) is 5.32 Å². The van der Waals surface area contributed by atoms with E-state index in [0.717, 1.165) is 64.2 Å². The Morgan fingerprint density at radius 3 is 1.23 bits per heavy atom. The van der Waals surface area contributed by atoms with Gasteiger partial charge in [0.2, 0.25) is 5.91 Å². The molecular formula is C59H111NO5. The van der Waals surface area contributed by atoms with Crippen molar-refractivity contribution in [1.29, 1.82) is 0 Å². The van der Waals surface area contributed by atoms with Crippen LogP contribution in [0, 0.1) is 0 Å². The van der Waals surface area contributed by atoms with E-state index in [2.05, 4.69) is 62.5 Å². The summed E-state index contributed by atoms with van der Waals surface area (Å²) in [6, 6.07) is -0.703. The van der Waals surface area contributed by atoms with Crippen LogP contribution in [-0.2, 0) is 14.3 Å². The molecule has 0 rings (SSSR count). The van der Waals surface area contributed by atoms with Gasteiger partial charge in [0.15, 0.2) is 0 Å². The molecule has 1 amide bonds. The first-order valence-electron chi connectivity index (χ1n) is 28.7. The second-order valence-electron chi connectivity index (χ2n) is 19.7. The van der Waals surface area contributed by atoms with E-state index < -0.39 is 18.2 Å². The lowest BCUT2D eigenvalue weighted by molar-refractivity contribution is -0.151. The maximum Gasteiger partial charge on any atom is 0.306 e. The Bertz CT molecular complexity index is 1070. The number of ether oxygens (including phenoxy) is 1. The van der Waals surface area contributed by atoms with Gasteiger partial charge in [-0.15, -0.1) is 0 Å². The fourth-order valence-corrected chi connectivity index (χ4v) is 8.81. The Hall–Kier alpha value is -1.92. The molecule has 0 bridgehead atoms. The van der Waals surface area contributed by atoms with Gasteiger partial charge in [0.05, 0.1) is 25.2 Å². The lowest BCUT2D eigenvalue weighted by atomic mass is 10.0. The van der Waals surface area contributed by atoms with Crippen LogP contribution in [0.15, 0.2) is 36.5 Å². The van der Waals surface area contributed by atoms with Crippen LogP contribution in [0.2, 0.25) is 0 Å². The van der Waals surface area contributed by atoms with Crippen LogP contribution in [0.4, 0.5) is 0 Å². The molecule has 0 aromatic carbocycles. The van der Waals surface area contributed by atoms with Crippen molar-refractivity contribution in [2.75, 3.05) is 6.61 Å². The van der Waals surface area contributed by atoms with Gasteiger partial charge in [-0.1, -0.05) is 243 Å². The number of allylic oxidation sites excluding steroid dienone is 6. The molecule has 0 aliphatic rings. The third-order valence-corrected chi connectivity index (χ3v) is 13.2. The summed E-state index contributed by atoms with van der Waals surface area (Å²) in [5.74, 6) is -0.474. The van der Waals surface area contributed by atoms with Gasteiger partial charge in [-0.05, 0) is 83.5 Å². The standard InChI is InChI=1S/C59H111NO5/c1-4-7-10-13-16-19-22-25-27-28-29-30-31-34-37-40-43-46-49-52-59(64)65-55(50-47-44-41-38-35-32-24-21-18-15-12-9-6-3)53-58(63)60-56(54-61)57(62)51-48-45-42-39-36-33-26-23-20-17-14-11-8-5-2/h16,19,21,24-25,27,55-57,61-62H,4-15,17-18,20,22-23,26,28-54H2,1-3H3,(H,60,63)/b19-16-,24-21-,27-25-. The monoisotopic (exact) mass is 914 g/mol. The molecule has 0 saturated heterocycles. The Balaban J connectivity index is 4.51. The normalized spacial score (nSPS) is 13.4. The zero-order valence-corrected chi connectivity index (χ0v) is 43.6. The van der Waals surface area contributed by atoms with Crippen molar-refractivity contribution in [3.05, 3.63) is 36.5 Å². The topological polar surface area (TPSA) is 95.9 Å². The summed E-state index contributed by atoms with van der Waals surface area (Å²) in [7, 11) is 0. The Morgan fingerprint density at radius 1 is 0.446 bits per heavy atom. The van der Waals surface area contributed by atoms with Crippen LogP contribution in [0.5, 0.6) is 0 Å². The third kappa shape index (κ3) is 48.3. The van der Waals surface area contributed by atoms with Gasteiger partial charge in [-0.2, -0.15) is 0 Å². The average molecular weight is 915 g/mol. The minimum atomic E-state index is -0.789. The predicted octanol–water partition coefficient (Wildman–Crippen LogP) is 17.6. The second-order valence-corrected chi connectivity index (χ2v) is 19.7. The Morgan fingerprint density at radius 2 is 0.785 bits per heavy atom.